The van der Waals surface area contributed by atoms with Gasteiger partial charge >= 0.3 is 0 Å². The minimum Gasteiger partial charge on any atom is -0.495 e. The van der Waals surface area contributed by atoms with Crippen molar-refractivity contribution in [2.24, 2.45) is 0 Å². The summed E-state index contributed by atoms with van der Waals surface area (Å²) in [6, 6.07) is 16.7. The summed E-state index contributed by atoms with van der Waals surface area (Å²) in [5.74, 6) is -1.24. The number of hydrogen-bond acceptors (Lipinski definition) is 4. The number of ether oxygens (including phenoxy) is 1. The quantitative estimate of drug-likeness (QED) is 0.633. The summed E-state index contributed by atoms with van der Waals surface area (Å²) in [4.78, 5) is 11.9. The van der Waals surface area contributed by atoms with Gasteiger partial charge in [0.25, 0.3) is 15.9 Å². The SMILES string of the molecule is COc1ccccc1NS(=O)(=O)c1cc(C(=O)Nc2ccccc2C)ccc1F. The van der Waals surface area contributed by atoms with E-state index >= 15 is 0 Å². The van der Waals surface area contributed by atoms with E-state index in [1.165, 1.54) is 19.2 Å². The van der Waals surface area contributed by atoms with Gasteiger partial charge in [-0.2, -0.15) is 0 Å². The summed E-state index contributed by atoms with van der Waals surface area (Å²) in [5.41, 5.74) is 1.59. The van der Waals surface area contributed by atoms with Crippen LogP contribution in [-0.4, -0.2) is 21.4 Å². The van der Waals surface area contributed by atoms with E-state index in [2.05, 4.69) is 10.0 Å². The lowest BCUT2D eigenvalue weighted by atomic mass is 10.1. The van der Waals surface area contributed by atoms with Crippen LogP contribution < -0.4 is 14.8 Å². The first kappa shape index (κ1) is 20.3. The van der Waals surface area contributed by atoms with Crippen molar-refractivity contribution >= 4 is 27.3 Å². The number of sulfonamides is 1. The summed E-state index contributed by atoms with van der Waals surface area (Å²) >= 11 is 0. The molecule has 1 amide bonds. The molecule has 0 radical (unpaired) electrons. The van der Waals surface area contributed by atoms with E-state index in [1.54, 1.807) is 30.3 Å². The first-order valence-corrected chi connectivity index (χ1v) is 10.1. The van der Waals surface area contributed by atoms with Crippen molar-refractivity contribution in [2.75, 3.05) is 17.1 Å². The maximum Gasteiger partial charge on any atom is 0.264 e. The van der Waals surface area contributed by atoms with Gasteiger partial charge in [-0.3, -0.25) is 9.52 Å². The lowest BCUT2D eigenvalue weighted by Crippen LogP contribution is -2.18. The zero-order valence-corrected chi connectivity index (χ0v) is 16.6. The molecule has 0 saturated carbocycles. The van der Waals surface area contributed by atoms with Crippen molar-refractivity contribution in [1.29, 1.82) is 0 Å². The number of nitrogens with one attached hydrogen (secondary N) is 2. The van der Waals surface area contributed by atoms with Crippen molar-refractivity contribution in [3.05, 3.63) is 83.7 Å². The number of benzene rings is 3. The highest BCUT2D eigenvalue weighted by Crippen LogP contribution is 2.27. The summed E-state index contributed by atoms with van der Waals surface area (Å²) in [5, 5.41) is 2.70. The average Bonchev–Trinajstić information content (AvgIpc) is 2.70. The fourth-order valence-electron chi connectivity index (χ4n) is 2.69. The van der Waals surface area contributed by atoms with Gasteiger partial charge in [-0.15, -0.1) is 0 Å². The zero-order valence-electron chi connectivity index (χ0n) is 15.8. The number of methoxy groups -OCH3 is 1. The Morgan fingerprint density at radius 2 is 1.62 bits per heavy atom. The molecular weight excluding hydrogens is 395 g/mol. The molecule has 2 N–H and O–H groups in total. The van der Waals surface area contributed by atoms with Crippen molar-refractivity contribution in [2.45, 2.75) is 11.8 Å². The standard InChI is InChI=1S/C21H19FN2O4S/c1-14-7-3-4-8-17(14)23-21(25)15-11-12-16(22)20(13-15)29(26,27)24-18-9-5-6-10-19(18)28-2/h3-13,24H,1-2H3,(H,23,25). The molecule has 8 heteroatoms. The second-order valence-corrected chi connectivity index (χ2v) is 7.87. The molecule has 0 unspecified atom stereocenters. The third kappa shape index (κ3) is 4.55. The molecule has 3 aromatic rings. The molecular formula is C21H19FN2O4S. The van der Waals surface area contributed by atoms with Gasteiger partial charge in [0.2, 0.25) is 0 Å². The molecule has 0 atom stereocenters. The van der Waals surface area contributed by atoms with E-state index in [0.717, 1.165) is 17.7 Å². The zero-order chi connectivity index (χ0) is 21.0. The van der Waals surface area contributed by atoms with Gasteiger partial charge in [-0.25, -0.2) is 12.8 Å². The van der Waals surface area contributed by atoms with Crippen LogP contribution in [-0.2, 0) is 10.0 Å². The summed E-state index contributed by atoms with van der Waals surface area (Å²) in [6.45, 7) is 1.83. The topological polar surface area (TPSA) is 84.5 Å². The first-order chi connectivity index (χ1) is 13.8. The van der Waals surface area contributed by atoms with Crippen molar-refractivity contribution < 1.29 is 22.3 Å². The molecule has 0 aliphatic carbocycles. The molecule has 0 spiro atoms. The molecule has 0 heterocycles. The Bertz CT molecular complexity index is 1160. The van der Waals surface area contributed by atoms with E-state index in [4.69, 9.17) is 4.74 Å². The Balaban J connectivity index is 1.92. The highest BCUT2D eigenvalue weighted by molar-refractivity contribution is 7.92. The maximum absolute atomic E-state index is 14.3. The molecule has 6 nitrogen and oxygen atoms in total. The van der Waals surface area contributed by atoms with Crippen molar-refractivity contribution in [1.82, 2.24) is 0 Å². The second kappa shape index (κ2) is 8.32. The third-order valence-corrected chi connectivity index (χ3v) is 5.61. The molecule has 150 valence electrons. The Morgan fingerprint density at radius 3 is 2.31 bits per heavy atom. The summed E-state index contributed by atoms with van der Waals surface area (Å²) < 4.78 is 47.2. The van der Waals surface area contributed by atoms with Gasteiger partial charge in [0, 0.05) is 11.3 Å². The molecule has 3 aromatic carbocycles. The molecule has 0 saturated heterocycles. The van der Waals surface area contributed by atoms with E-state index in [9.17, 15) is 17.6 Å². The van der Waals surface area contributed by atoms with Crippen LogP contribution in [0.1, 0.15) is 15.9 Å². The van der Waals surface area contributed by atoms with Gasteiger partial charge in [0.15, 0.2) is 0 Å². The minimum absolute atomic E-state index is 0.00931. The fraction of sp³-hybridized carbons (Fsp3) is 0.0952. The van der Waals surface area contributed by atoms with Crippen LogP contribution >= 0.6 is 0 Å². The number of carbonyl (C=O) groups excluding carboxylic acids is 1. The largest absolute Gasteiger partial charge is 0.495 e. The molecule has 0 fully saturated rings. The van der Waals surface area contributed by atoms with Crippen molar-refractivity contribution in [3.63, 3.8) is 0 Å². The fourth-order valence-corrected chi connectivity index (χ4v) is 3.86. The van der Waals surface area contributed by atoms with Gasteiger partial charge in [-0.1, -0.05) is 30.3 Å². The Morgan fingerprint density at radius 1 is 0.966 bits per heavy atom. The van der Waals surface area contributed by atoms with E-state index in [-0.39, 0.29) is 17.0 Å². The number of amides is 1. The number of aryl methyl sites for hydroxylation is 1. The Kier molecular flexibility index (Phi) is 5.84. The molecule has 29 heavy (non-hydrogen) atoms. The van der Waals surface area contributed by atoms with Crippen LogP contribution in [0, 0.1) is 12.7 Å². The molecule has 0 aliphatic rings. The lowest BCUT2D eigenvalue weighted by Gasteiger charge is -2.13. The lowest BCUT2D eigenvalue weighted by molar-refractivity contribution is 0.102. The number of anilines is 2. The van der Waals surface area contributed by atoms with Crippen LogP contribution in [0.25, 0.3) is 0 Å². The average molecular weight is 414 g/mol. The maximum atomic E-state index is 14.3. The highest BCUT2D eigenvalue weighted by Gasteiger charge is 2.23. The monoisotopic (exact) mass is 414 g/mol. The van der Waals surface area contributed by atoms with Crippen LogP contribution in [0.4, 0.5) is 15.8 Å². The van der Waals surface area contributed by atoms with Gasteiger partial charge in [0.05, 0.1) is 12.8 Å². The second-order valence-electron chi connectivity index (χ2n) is 6.22. The molecule has 0 bridgehead atoms. The smallest absolute Gasteiger partial charge is 0.264 e. The molecule has 0 aromatic heterocycles. The number of carbonyl (C=O) groups is 1. The highest BCUT2D eigenvalue weighted by atomic mass is 32.2. The predicted octanol–water partition coefficient (Wildman–Crippen LogP) is 4.20. The van der Waals surface area contributed by atoms with Crippen molar-refractivity contribution in [3.8, 4) is 5.75 Å². The van der Waals surface area contributed by atoms with Crippen LogP contribution in [0.15, 0.2) is 71.6 Å². The van der Waals surface area contributed by atoms with Gasteiger partial charge in [0.1, 0.15) is 16.5 Å². The number of hydrogen-bond donors (Lipinski definition) is 2. The predicted molar refractivity (Wildman–Crippen MR) is 109 cm³/mol. The van der Waals surface area contributed by atoms with Crippen LogP contribution in [0.3, 0.4) is 0 Å². The number of para-hydroxylation sites is 3. The Hall–Kier alpha value is -3.39. The van der Waals surface area contributed by atoms with E-state index in [0.29, 0.717) is 5.69 Å². The van der Waals surface area contributed by atoms with Crippen LogP contribution in [0.5, 0.6) is 5.75 Å². The van der Waals surface area contributed by atoms with Crippen LogP contribution in [0.2, 0.25) is 0 Å². The Labute approximate surface area is 168 Å². The summed E-state index contributed by atoms with van der Waals surface area (Å²) in [7, 11) is -2.91. The normalized spacial score (nSPS) is 11.0. The number of halogens is 1. The molecule has 3 rings (SSSR count). The van der Waals surface area contributed by atoms with Gasteiger partial charge in [-0.05, 0) is 48.9 Å². The summed E-state index contributed by atoms with van der Waals surface area (Å²) in [6.07, 6.45) is 0. The molecule has 0 aliphatic heterocycles. The first-order valence-electron chi connectivity index (χ1n) is 8.64. The van der Waals surface area contributed by atoms with Gasteiger partial charge < -0.3 is 10.1 Å². The number of rotatable bonds is 6. The van der Waals surface area contributed by atoms with E-state index in [1.807, 2.05) is 19.1 Å². The third-order valence-electron chi connectivity index (χ3n) is 4.23. The minimum atomic E-state index is -4.30. The van der Waals surface area contributed by atoms with E-state index < -0.39 is 26.6 Å².